The lowest BCUT2D eigenvalue weighted by Gasteiger charge is -2.41. The van der Waals surface area contributed by atoms with Gasteiger partial charge in [0.25, 0.3) is 0 Å². The summed E-state index contributed by atoms with van der Waals surface area (Å²) in [6, 6.07) is 12.3. The highest BCUT2D eigenvalue weighted by molar-refractivity contribution is 5.88. The number of urea groups is 1. The fourth-order valence-corrected chi connectivity index (χ4v) is 3.55. The van der Waals surface area contributed by atoms with Crippen LogP contribution in [0.25, 0.3) is 0 Å². The van der Waals surface area contributed by atoms with Gasteiger partial charge in [0.2, 0.25) is 0 Å². The molecule has 0 aliphatic carbocycles. The lowest BCUT2D eigenvalue weighted by atomic mass is 9.92. The first-order valence-corrected chi connectivity index (χ1v) is 8.76. The summed E-state index contributed by atoms with van der Waals surface area (Å²) < 4.78 is 4.99. The van der Waals surface area contributed by atoms with Crippen molar-refractivity contribution < 1.29 is 9.32 Å². The first-order chi connectivity index (χ1) is 12.0. The number of nitrogens with one attached hydrogen (secondary N) is 1. The topological polar surface area (TPSA) is 61.6 Å². The molecule has 1 fully saturated rings. The van der Waals surface area contributed by atoms with Crippen LogP contribution in [0.4, 0.5) is 10.6 Å². The summed E-state index contributed by atoms with van der Waals surface area (Å²) in [5.74, 6) is 1.55. The van der Waals surface area contributed by atoms with Gasteiger partial charge >= 0.3 is 6.03 Å². The molecule has 2 aromatic rings. The van der Waals surface area contributed by atoms with Crippen molar-refractivity contribution in [1.29, 1.82) is 0 Å². The SMILES string of the molecule is Cc1cc(NC(=O)N(C)C2CCN(Cc3ccccc3)CC2C)no1. The average molecular weight is 342 g/mol. The summed E-state index contributed by atoms with van der Waals surface area (Å²) in [6.07, 6.45) is 0.968. The Bertz CT molecular complexity index is 700. The Morgan fingerprint density at radius 1 is 1.40 bits per heavy atom. The smallest absolute Gasteiger partial charge is 0.323 e. The van der Waals surface area contributed by atoms with E-state index in [-0.39, 0.29) is 12.1 Å². The number of rotatable bonds is 4. The van der Waals surface area contributed by atoms with Crippen molar-refractivity contribution in [2.45, 2.75) is 32.9 Å². The second kappa shape index (κ2) is 7.70. The van der Waals surface area contributed by atoms with E-state index in [1.165, 1.54) is 5.56 Å². The number of hydrogen-bond donors (Lipinski definition) is 1. The minimum Gasteiger partial charge on any atom is -0.360 e. The number of amides is 2. The zero-order valence-electron chi connectivity index (χ0n) is 15.1. The van der Waals surface area contributed by atoms with Gasteiger partial charge in [-0.15, -0.1) is 0 Å². The highest BCUT2D eigenvalue weighted by Gasteiger charge is 2.31. The van der Waals surface area contributed by atoms with Crippen molar-refractivity contribution in [3.63, 3.8) is 0 Å². The molecule has 1 saturated heterocycles. The molecule has 0 saturated carbocycles. The molecule has 25 heavy (non-hydrogen) atoms. The molecule has 2 atom stereocenters. The number of aromatic nitrogens is 1. The number of likely N-dealkylation sites (tertiary alicyclic amines) is 1. The summed E-state index contributed by atoms with van der Waals surface area (Å²) in [5, 5.41) is 6.62. The summed E-state index contributed by atoms with van der Waals surface area (Å²) in [4.78, 5) is 16.7. The molecule has 0 radical (unpaired) electrons. The maximum atomic E-state index is 12.5. The zero-order valence-corrected chi connectivity index (χ0v) is 15.1. The van der Waals surface area contributed by atoms with E-state index in [9.17, 15) is 4.79 Å². The molecule has 1 aliphatic heterocycles. The van der Waals surface area contributed by atoms with Crippen LogP contribution in [-0.4, -0.2) is 47.2 Å². The maximum Gasteiger partial charge on any atom is 0.323 e. The Labute approximate surface area is 148 Å². The van der Waals surface area contributed by atoms with Crippen LogP contribution in [0, 0.1) is 12.8 Å². The predicted molar refractivity (Wildman–Crippen MR) is 97.3 cm³/mol. The van der Waals surface area contributed by atoms with Gasteiger partial charge in [0.15, 0.2) is 5.82 Å². The minimum absolute atomic E-state index is 0.137. The van der Waals surface area contributed by atoms with Gasteiger partial charge in [-0.2, -0.15) is 0 Å². The van der Waals surface area contributed by atoms with Gasteiger partial charge in [0.05, 0.1) is 0 Å². The highest BCUT2D eigenvalue weighted by atomic mass is 16.5. The Kier molecular flexibility index (Phi) is 5.38. The van der Waals surface area contributed by atoms with Gasteiger partial charge in [-0.1, -0.05) is 42.4 Å². The lowest BCUT2D eigenvalue weighted by molar-refractivity contribution is 0.0933. The summed E-state index contributed by atoms with van der Waals surface area (Å²) in [5.41, 5.74) is 1.33. The van der Waals surface area contributed by atoms with Gasteiger partial charge in [-0.25, -0.2) is 4.79 Å². The number of piperidine rings is 1. The molecule has 6 heteroatoms. The van der Waals surface area contributed by atoms with Crippen molar-refractivity contribution in [2.75, 3.05) is 25.5 Å². The molecule has 2 amide bonds. The standard InChI is InChI=1S/C19H26N4O2/c1-14-12-23(13-16-7-5-4-6-8-16)10-9-17(14)22(3)19(24)20-18-11-15(2)25-21-18/h4-8,11,14,17H,9-10,12-13H2,1-3H3,(H,20,21,24). The number of benzene rings is 1. The molecule has 6 nitrogen and oxygen atoms in total. The summed E-state index contributed by atoms with van der Waals surface area (Å²) in [6.45, 7) is 6.96. The molecule has 1 aliphatic rings. The van der Waals surface area contributed by atoms with Crippen LogP contribution in [0.15, 0.2) is 40.9 Å². The molecule has 2 unspecified atom stereocenters. The number of carbonyl (C=O) groups excluding carboxylic acids is 1. The lowest BCUT2D eigenvalue weighted by Crippen LogP contribution is -2.51. The number of aryl methyl sites for hydroxylation is 1. The fourth-order valence-electron chi connectivity index (χ4n) is 3.55. The first-order valence-electron chi connectivity index (χ1n) is 8.76. The van der Waals surface area contributed by atoms with Crippen LogP contribution < -0.4 is 5.32 Å². The van der Waals surface area contributed by atoms with Crippen LogP contribution in [0.3, 0.4) is 0 Å². The predicted octanol–water partition coefficient (Wildman–Crippen LogP) is 3.36. The third-order valence-electron chi connectivity index (χ3n) is 4.87. The molecule has 2 heterocycles. The van der Waals surface area contributed by atoms with Gasteiger partial charge < -0.3 is 9.42 Å². The van der Waals surface area contributed by atoms with E-state index in [4.69, 9.17) is 4.52 Å². The van der Waals surface area contributed by atoms with Crippen molar-refractivity contribution in [3.05, 3.63) is 47.7 Å². The van der Waals surface area contributed by atoms with Crippen LogP contribution in [0.2, 0.25) is 0 Å². The highest BCUT2D eigenvalue weighted by Crippen LogP contribution is 2.23. The molecule has 1 N–H and O–H groups in total. The van der Waals surface area contributed by atoms with E-state index in [2.05, 4.69) is 46.6 Å². The Morgan fingerprint density at radius 2 is 2.16 bits per heavy atom. The number of anilines is 1. The van der Waals surface area contributed by atoms with Crippen LogP contribution in [-0.2, 0) is 6.54 Å². The van der Waals surface area contributed by atoms with E-state index in [1.54, 1.807) is 17.9 Å². The van der Waals surface area contributed by atoms with E-state index in [1.807, 2.05) is 13.1 Å². The molecule has 0 bridgehead atoms. The molecular weight excluding hydrogens is 316 g/mol. The van der Waals surface area contributed by atoms with E-state index >= 15 is 0 Å². The zero-order chi connectivity index (χ0) is 17.8. The Morgan fingerprint density at radius 3 is 2.80 bits per heavy atom. The molecule has 3 rings (SSSR count). The van der Waals surface area contributed by atoms with Crippen LogP contribution in [0.1, 0.15) is 24.7 Å². The maximum absolute atomic E-state index is 12.5. The van der Waals surface area contributed by atoms with Gasteiger partial charge in [0.1, 0.15) is 5.76 Å². The van der Waals surface area contributed by atoms with Crippen molar-refractivity contribution in [1.82, 2.24) is 15.0 Å². The van der Waals surface area contributed by atoms with Gasteiger partial charge in [-0.3, -0.25) is 10.2 Å². The number of carbonyl (C=O) groups is 1. The minimum atomic E-state index is -0.137. The average Bonchev–Trinajstić information content (AvgIpc) is 3.00. The molecular formula is C19H26N4O2. The van der Waals surface area contributed by atoms with Crippen molar-refractivity contribution in [2.24, 2.45) is 5.92 Å². The van der Waals surface area contributed by atoms with Crippen LogP contribution >= 0.6 is 0 Å². The van der Waals surface area contributed by atoms with Gasteiger partial charge in [-0.05, 0) is 24.8 Å². The first kappa shape index (κ1) is 17.5. The normalized spacial score (nSPS) is 21.1. The summed E-state index contributed by atoms with van der Waals surface area (Å²) >= 11 is 0. The second-order valence-electron chi connectivity index (χ2n) is 6.92. The summed E-state index contributed by atoms with van der Waals surface area (Å²) in [7, 11) is 1.86. The monoisotopic (exact) mass is 342 g/mol. The van der Waals surface area contributed by atoms with E-state index < -0.39 is 0 Å². The second-order valence-corrected chi connectivity index (χ2v) is 6.92. The van der Waals surface area contributed by atoms with Gasteiger partial charge in [0, 0.05) is 38.8 Å². The van der Waals surface area contributed by atoms with Crippen LogP contribution in [0.5, 0.6) is 0 Å². The van der Waals surface area contributed by atoms with Crippen molar-refractivity contribution in [3.8, 4) is 0 Å². The third kappa shape index (κ3) is 4.39. The quantitative estimate of drug-likeness (QED) is 0.925. The largest absolute Gasteiger partial charge is 0.360 e. The molecule has 1 aromatic heterocycles. The number of hydrogen-bond acceptors (Lipinski definition) is 4. The van der Waals surface area contributed by atoms with E-state index in [0.29, 0.717) is 17.5 Å². The van der Waals surface area contributed by atoms with E-state index in [0.717, 1.165) is 26.1 Å². The Balaban J connectivity index is 1.54. The molecule has 1 aromatic carbocycles. The third-order valence-corrected chi connectivity index (χ3v) is 4.87. The number of nitrogens with zero attached hydrogens (tertiary/aromatic N) is 3. The van der Waals surface area contributed by atoms with Crippen molar-refractivity contribution >= 4 is 11.8 Å². The fraction of sp³-hybridized carbons (Fsp3) is 0.474. The molecule has 134 valence electrons. The Hall–Kier alpha value is -2.34. The molecule has 0 spiro atoms.